The number of halogens is 1. The molecule has 23 heavy (non-hydrogen) atoms. The standard InChI is InChI=1S/C17H19ClN2O2S/c1-12(11-22-16-8-6-15(21-2)7-9-16)19-17(23)20-14-5-3-4-13(18)10-14/h3-10,12H,11H2,1-2H3,(H2,19,20,23). The average molecular weight is 351 g/mol. The Bertz CT molecular complexity index is 649. The van der Waals surface area contributed by atoms with Gasteiger partial charge in [0.15, 0.2) is 5.11 Å². The van der Waals surface area contributed by atoms with Crippen molar-refractivity contribution in [1.29, 1.82) is 0 Å². The van der Waals surface area contributed by atoms with Gasteiger partial charge >= 0.3 is 0 Å². The zero-order valence-corrected chi connectivity index (χ0v) is 14.6. The van der Waals surface area contributed by atoms with Gasteiger partial charge in [0.05, 0.1) is 13.2 Å². The van der Waals surface area contributed by atoms with E-state index in [2.05, 4.69) is 10.6 Å². The molecule has 0 aliphatic heterocycles. The van der Waals surface area contributed by atoms with E-state index in [1.54, 1.807) is 7.11 Å². The summed E-state index contributed by atoms with van der Waals surface area (Å²) in [5.41, 5.74) is 0.846. The van der Waals surface area contributed by atoms with Crippen LogP contribution in [0.3, 0.4) is 0 Å². The number of anilines is 1. The third-order valence-corrected chi connectivity index (χ3v) is 3.47. The lowest BCUT2D eigenvalue weighted by molar-refractivity contribution is 0.286. The predicted octanol–water partition coefficient (Wildman–Crippen LogP) is 4.10. The van der Waals surface area contributed by atoms with Gasteiger partial charge in [-0.1, -0.05) is 17.7 Å². The highest BCUT2D eigenvalue weighted by molar-refractivity contribution is 7.80. The van der Waals surface area contributed by atoms with E-state index in [0.29, 0.717) is 16.7 Å². The highest BCUT2D eigenvalue weighted by atomic mass is 35.5. The lowest BCUT2D eigenvalue weighted by Gasteiger charge is -2.18. The smallest absolute Gasteiger partial charge is 0.171 e. The van der Waals surface area contributed by atoms with Crippen LogP contribution in [0.1, 0.15) is 6.92 Å². The summed E-state index contributed by atoms with van der Waals surface area (Å²) >= 11 is 11.2. The van der Waals surface area contributed by atoms with Crippen LogP contribution in [0.15, 0.2) is 48.5 Å². The maximum absolute atomic E-state index is 5.94. The molecule has 2 N–H and O–H groups in total. The summed E-state index contributed by atoms with van der Waals surface area (Å²) < 4.78 is 10.8. The lowest BCUT2D eigenvalue weighted by atomic mass is 10.3. The zero-order valence-electron chi connectivity index (χ0n) is 13.0. The second-order valence-electron chi connectivity index (χ2n) is 5.00. The first-order chi connectivity index (χ1) is 11.1. The fourth-order valence-corrected chi connectivity index (χ4v) is 2.40. The van der Waals surface area contributed by atoms with Crippen LogP contribution < -0.4 is 20.1 Å². The quantitative estimate of drug-likeness (QED) is 0.768. The number of thiocarbonyl (C=S) groups is 1. The minimum Gasteiger partial charge on any atom is -0.497 e. The van der Waals surface area contributed by atoms with Crippen LogP contribution in [-0.4, -0.2) is 24.9 Å². The summed E-state index contributed by atoms with van der Waals surface area (Å²) in [7, 11) is 1.63. The topological polar surface area (TPSA) is 42.5 Å². The Hall–Kier alpha value is -1.98. The Balaban J connectivity index is 1.77. The van der Waals surface area contributed by atoms with E-state index in [0.717, 1.165) is 17.2 Å². The minimum atomic E-state index is 0.0521. The van der Waals surface area contributed by atoms with Gasteiger partial charge < -0.3 is 20.1 Å². The molecule has 122 valence electrons. The molecule has 0 bridgehead atoms. The van der Waals surface area contributed by atoms with Crippen molar-refractivity contribution in [2.45, 2.75) is 13.0 Å². The second-order valence-corrected chi connectivity index (χ2v) is 5.84. The minimum absolute atomic E-state index is 0.0521. The van der Waals surface area contributed by atoms with E-state index < -0.39 is 0 Å². The van der Waals surface area contributed by atoms with Gasteiger partial charge in [0.25, 0.3) is 0 Å². The van der Waals surface area contributed by atoms with Gasteiger partial charge in [0.2, 0.25) is 0 Å². The molecule has 0 spiro atoms. The molecule has 4 nitrogen and oxygen atoms in total. The van der Waals surface area contributed by atoms with Gasteiger partial charge in [-0.3, -0.25) is 0 Å². The van der Waals surface area contributed by atoms with Crippen LogP contribution in [0.2, 0.25) is 5.02 Å². The number of benzene rings is 2. The highest BCUT2D eigenvalue weighted by Gasteiger charge is 2.06. The van der Waals surface area contributed by atoms with Gasteiger partial charge in [-0.25, -0.2) is 0 Å². The van der Waals surface area contributed by atoms with Gasteiger partial charge in [0, 0.05) is 10.7 Å². The van der Waals surface area contributed by atoms with E-state index in [9.17, 15) is 0 Å². The molecular weight excluding hydrogens is 332 g/mol. The van der Waals surface area contributed by atoms with Crippen molar-refractivity contribution in [2.75, 3.05) is 19.0 Å². The number of ether oxygens (including phenoxy) is 2. The Morgan fingerprint density at radius 1 is 1.17 bits per heavy atom. The van der Waals surface area contributed by atoms with E-state index >= 15 is 0 Å². The normalized spacial score (nSPS) is 11.4. The summed E-state index contributed by atoms with van der Waals surface area (Å²) in [6, 6.07) is 14.9. The van der Waals surface area contributed by atoms with Crippen molar-refractivity contribution < 1.29 is 9.47 Å². The lowest BCUT2D eigenvalue weighted by Crippen LogP contribution is -2.39. The molecule has 2 rings (SSSR count). The van der Waals surface area contributed by atoms with Crippen LogP contribution in [-0.2, 0) is 0 Å². The van der Waals surface area contributed by atoms with E-state index in [1.165, 1.54) is 0 Å². The van der Waals surface area contributed by atoms with Crippen molar-refractivity contribution >= 4 is 34.6 Å². The number of rotatable bonds is 6. The molecule has 2 aromatic carbocycles. The van der Waals surface area contributed by atoms with E-state index in [1.807, 2.05) is 55.5 Å². The average Bonchev–Trinajstić information content (AvgIpc) is 2.53. The Kier molecular flexibility index (Phi) is 6.50. The van der Waals surface area contributed by atoms with Crippen molar-refractivity contribution in [3.8, 4) is 11.5 Å². The summed E-state index contributed by atoms with van der Waals surface area (Å²) in [6.07, 6.45) is 0. The first-order valence-corrected chi connectivity index (χ1v) is 7.95. The fraction of sp³-hybridized carbons (Fsp3) is 0.235. The van der Waals surface area contributed by atoms with Crippen LogP contribution in [0, 0.1) is 0 Å². The zero-order chi connectivity index (χ0) is 16.7. The van der Waals surface area contributed by atoms with Gasteiger partial charge in [0.1, 0.15) is 18.1 Å². The Morgan fingerprint density at radius 3 is 2.52 bits per heavy atom. The molecule has 0 aliphatic carbocycles. The second kappa shape index (κ2) is 8.60. The largest absolute Gasteiger partial charge is 0.497 e. The predicted molar refractivity (Wildman–Crippen MR) is 98.8 cm³/mol. The Labute approximate surface area is 146 Å². The molecule has 2 aromatic rings. The first kappa shape index (κ1) is 17.4. The molecule has 0 aromatic heterocycles. The third kappa shape index (κ3) is 5.96. The molecule has 0 amide bonds. The molecule has 0 heterocycles. The van der Waals surface area contributed by atoms with E-state index in [4.69, 9.17) is 33.3 Å². The van der Waals surface area contributed by atoms with Crippen molar-refractivity contribution in [3.63, 3.8) is 0 Å². The number of hydrogen-bond donors (Lipinski definition) is 2. The summed E-state index contributed by atoms with van der Waals surface area (Å²) in [5, 5.41) is 7.45. The molecule has 1 unspecified atom stereocenters. The van der Waals surface area contributed by atoms with Crippen molar-refractivity contribution in [3.05, 3.63) is 53.6 Å². The van der Waals surface area contributed by atoms with Crippen molar-refractivity contribution in [2.24, 2.45) is 0 Å². The number of methoxy groups -OCH3 is 1. The number of hydrogen-bond acceptors (Lipinski definition) is 3. The molecule has 0 saturated carbocycles. The molecular formula is C17H19ClN2O2S. The maximum Gasteiger partial charge on any atom is 0.171 e. The molecule has 0 radical (unpaired) electrons. The molecule has 0 fully saturated rings. The SMILES string of the molecule is COc1ccc(OCC(C)NC(=S)Nc2cccc(Cl)c2)cc1. The monoisotopic (exact) mass is 350 g/mol. The van der Waals surface area contributed by atoms with Gasteiger partial charge in [-0.15, -0.1) is 0 Å². The van der Waals surface area contributed by atoms with E-state index in [-0.39, 0.29) is 6.04 Å². The third-order valence-electron chi connectivity index (χ3n) is 3.02. The summed E-state index contributed by atoms with van der Waals surface area (Å²) in [6.45, 7) is 2.49. The Morgan fingerprint density at radius 2 is 1.87 bits per heavy atom. The van der Waals surface area contributed by atoms with Crippen LogP contribution >= 0.6 is 23.8 Å². The maximum atomic E-state index is 5.94. The van der Waals surface area contributed by atoms with Crippen LogP contribution in [0.4, 0.5) is 5.69 Å². The molecule has 0 aliphatic rings. The molecule has 6 heteroatoms. The highest BCUT2D eigenvalue weighted by Crippen LogP contribution is 2.17. The molecule has 1 atom stereocenters. The number of nitrogens with one attached hydrogen (secondary N) is 2. The summed E-state index contributed by atoms with van der Waals surface area (Å²) in [4.78, 5) is 0. The summed E-state index contributed by atoms with van der Waals surface area (Å²) in [5.74, 6) is 1.59. The first-order valence-electron chi connectivity index (χ1n) is 7.17. The fourth-order valence-electron chi connectivity index (χ4n) is 1.89. The van der Waals surface area contributed by atoms with Gasteiger partial charge in [-0.2, -0.15) is 0 Å². The van der Waals surface area contributed by atoms with Crippen molar-refractivity contribution in [1.82, 2.24) is 5.32 Å². The van der Waals surface area contributed by atoms with Crippen LogP contribution in [0.25, 0.3) is 0 Å². The molecule has 0 saturated heterocycles. The van der Waals surface area contributed by atoms with Gasteiger partial charge in [-0.05, 0) is 61.6 Å². The van der Waals surface area contributed by atoms with Crippen LogP contribution in [0.5, 0.6) is 11.5 Å².